The molecule has 0 aromatic rings. The van der Waals surface area contributed by atoms with Gasteiger partial charge in [-0.3, -0.25) is 0 Å². The normalized spacial score (nSPS) is 14.2. The van der Waals surface area contributed by atoms with Crippen molar-refractivity contribution in [2.75, 3.05) is 13.1 Å². The molecule has 0 aromatic heterocycles. The lowest BCUT2D eigenvalue weighted by molar-refractivity contribution is 0.165. The van der Waals surface area contributed by atoms with E-state index in [1.807, 2.05) is 0 Å². The second-order valence-electron chi connectivity index (χ2n) is 8.36. The molecule has 0 N–H and O–H groups in total. The van der Waals surface area contributed by atoms with Crippen molar-refractivity contribution in [2.24, 2.45) is 0 Å². The molecule has 1 aliphatic heterocycles. The number of rotatable bonds is 18. The molecule has 1 aliphatic rings. The number of unbranched alkanes of at least 4 members (excludes halogenated alkanes) is 14. The minimum absolute atomic E-state index is 0. The quantitative estimate of drug-likeness (QED) is 0.214. The van der Waals surface area contributed by atoms with Gasteiger partial charge in [0.05, 0.1) is 6.17 Å². The monoisotopic (exact) mass is 400 g/mol. The van der Waals surface area contributed by atoms with E-state index >= 15 is 0 Å². The minimum atomic E-state index is 0. The molecule has 1 heterocycles. The van der Waals surface area contributed by atoms with Crippen LogP contribution >= 0.6 is 12.4 Å². The van der Waals surface area contributed by atoms with Gasteiger partial charge in [0.25, 0.3) is 0 Å². The van der Waals surface area contributed by atoms with E-state index < -0.39 is 0 Å². The van der Waals surface area contributed by atoms with Gasteiger partial charge in [-0.05, 0) is 19.8 Å². The first kappa shape index (κ1) is 26.6. The molecule has 0 aromatic carbocycles. The largest absolute Gasteiger partial charge is 0.356 e. The van der Waals surface area contributed by atoms with E-state index in [1.165, 1.54) is 116 Å². The summed E-state index contributed by atoms with van der Waals surface area (Å²) in [5, 5.41) is 0. The molecule has 0 fully saturated rings. The van der Waals surface area contributed by atoms with E-state index in [0.29, 0.717) is 6.17 Å². The third kappa shape index (κ3) is 13.4. The van der Waals surface area contributed by atoms with Crippen molar-refractivity contribution in [3.8, 4) is 0 Å². The average Bonchev–Trinajstić information content (AvgIpc) is 2.99. The maximum absolute atomic E-state index is 2.54. The van der Waals surface area contributed by atoms with Crippen LogP contribution in [0.25, 0.3) is 0 Å². The van der Waals surface area contributed by atoms with Gasteiger partial charge in [-0.15, -0.1) is 12.4 Å². The van der Waals surface area contributed by atoms with Crippen molar-refractivity contribution in [1.29, 1.82) is 0 Å². The van der Waals surface area contributed by atoms with Crippen molar-refractivity contribution < 1.29 is 0 Å². The molecule has 0 amide bonds. The summed E-state index contributed by atoms with van der Waals surface area (Å²) in [6.07, 6.45) is 27.8. The zero-order chi connectivity index (χ0) is 18.9. The van der Waals surface area contributed by atoms with Crippen LogP contribution in [0.15, 0.2) is 12.4 Å². The Bertz CT molecular complexity index is 302. The van der Waals surface area contributed by atoms with Crippen LogP contribution in [0.2, 0.25) is 0 Å². The molecular weight excluding hydrogens is 352 g/mol. The fraction of sp³-hybridized carbons (Fsp3) is 0.917. The van der Waals surface area contributed by atoms with Crippen LogP contribution in [0.1, 0.15) is 124 Å². The summed E-state index contributed by atoms with van der Waals surface area (Å²) < 4.78 is 0. The van der Waals surface area contributed by atoms with E-state index in [4.69, 9.17) is 0 Å². The highest BCUT2D eigenvalue weighted by atomic mass is 35.5. The van der Waals surface area contributed by atoms with Gasteiger partial charge in [0, 0.05) is 25.5 Å². The Kier molecular flexibility index (Phi) is 18.7. The summed E-state index contributed by atoms with van der Waals surface area (Å²) in [7, 11) is 0. The molecule has 3 heteroatoms. The van der Waals surface area contributed by atoms with Crippen LogP contribution < -0.4 is 0 Å². The maximum atomic E-state index is 2.54. The first-order chi connectivity index (χ1) is 12.8. The number of nitrogens with zero attached hydrogens (tertiary/aromatic N) is 2. The molecule has 27 heavy (non-hydrogen) atoms. The van der Waals surface area contributed by atoms with E-state index in [2.05, 4.69) is 43.0 Å². The second-order valence-corrected chi connectivity index (χ2v) is 8.36. The van der Waals surface area contributed by atoms with Crippen molar-refractivity contribution in [2.45, 2.75) is 130 Å². The fourth-order valence-corrected chi connectivity index (χ4v) is 3.99. The molecular formula is C24H49ClN2. The Labute approximate surface area is 177 Å². The smallest absolute Gasteiger partial charge is 0.0977 e. The Morgan fingerprint density at radius 1 is 0.519 bits per heavy atom. The van der Waals surface area contributed by atoms with E-state index in [9.17, 15) is 0 Å². The summed E-state index contributed by atoms with van der Waals surface area (Å²) >= 11 is 0. The predicted molar refractivity (Wildman–Crippen MR) is 124 cm³/mol. The standard InChI is InChI=1S/C24H48N2.ClH/c1-4-6-8-10-12-14-16-18-20-25-22-23-26(24(25)3)21-19-17-15-13-11-9-7-5-2;/h22-24H,4-21H2,1-3H3;1H. The molecule has 0 saturated carbocycles. The Balaban J connectivity index is 0.00000676. The topological polar surface area (TPSA) is 6.48 Å². The third-order valence-corrected chi connectivity index (χ3v) is 5.95. The highest BCUT2D eigenvalue weighted by molar-refractivity contribution is 5.85. The van der Waals surface area contributed by atoms with Crippen LogP contribution in [-0.4, -0.2) is 29.1 Å². The van der Waals surface area contributed by atoms with Gasteiger partial charge in [-0.1, -0.05) is 104 Å². The summed E-state index contributed by atoms with van der Waals surface area (Å²) in [6.45, 7) is 9.43. The predicted octanol–water partition coefficient (Wildman–Crippen LogP) is 8.12. The molecule has 0 unspecified atom stereocenters. The molecule has 162 valence electrons. The molecule has 0 bridgehead atoms. The van der Waals surface area contributed by atoms with Gasteiger partial charge < -0.3 is 9.80 Å². The average molecular weight is 401 g/mol. The SMILES string of the molecule is CCCCCCCCCCN1C=CN(CCCCCCCCCC)C1C.Cl. The van der Waals surface area contributed by atoms with Crippen molar-refractivity contribution >= 4 is 12.4 Å². The van der Waals surface area contributed by atoms with Gasteiger partial charge in [-0.2, -0.15) is 0 Å². The molecule has 1 rings (SSSR count). The van der Waals surface area contributed by atoms with Gasteiger partial charge in [0.15, 0.2) is 0 Å². The minimum Gasteiger partial charge on any atom is -0.356 e. The van der Waals surface area contributed by atoms with E-state index in [-0.39, 0.29) is 12.4 Å². The number of hydrogen-bond donors (Lipinski definition) is 0. The van der Waals surface area contributed by atoms with Crippen LogP contribution in [0.3, 0.4) is 0 Å². The lowest BCUT2D eigenvalue weighted by atomic mass is 10.1. The first-order valence-corrected chi connectivity index (χ1v) is 12.0. The molecule has 0 spiro atoms. The van der Waals surface area contributed by atoms with Crippen LogP contribution in [0, 0.1) is 0 Å². The van der Waals surface area contributed by atoms with Crippen molar-refractivity contribution in [1.82, 2.24) is 9.80 Å². The Morgan fingerprint density at radius 3 is 1.15 bits per heavy atom. The number of halogens is 1. The first-order valence-electron chi connectivity index (χ1n) is 12.0. The maximum Gasteiger partial charge on any atom is 0.0977 e. The highest BCUT2D eigenvalue weighted by Crippen LogP contribution is 2.18. The van der Waals surface area contributed by atoms with Gasteiger partial charge in [-0.25, -0.2) is 0 Å². The fourth-order valence-electron chi connectivity index (χ4n) is 3.99. The highest BCUT2D eigenvalue weighted by Gasteiger charge is 2.20. The summed E-state index contributed by atoms with van der Waals surface area (Å²) in [4.78, 5) is 5.09. The zero-order valence-electron chi connectivity index (χ0n) is 18.8. The molecule has 0 atom stereocenters. The summed E-state index contributed by atoms with van der Waals surface area (Å²) in [6, 6.07) is 0. The van der Waals surface area contributed by atoms with Gasteiger partial charge in [0.2, 0.25) is 0 Å². The van der Waals surface area contributed by atoms with Crippen LogP contribution in [0.5, 0.6) is 0 Å². The summed E-state index contributed by atoms with van der Waals surface area (Å²) in [5.41, 5.74) is 0. The van der Waals surface area contributed by atoms with E-state index in [1.54, 1.807) is 0 Å². The van der Waals surface area contributed by atoms with Crippen LogP contribution in [-0.2, 0) is 0 Å². The van der Waals surface area contributed by atoms with E-state index in [0.717, 1.165) is 0 Å². The lowest BCUT2D eigenvalue weighted by Gasteiger charge is -2.30. The third-order valence-electron chi connectivity index (χ3n) is 5.95. The Hall–Kier alpha value is -0.370. The van der Waals surface area contributed by atoms with Gasteiger partial charge in [0.1, 0.15) is 0 Å². The molecule has 0 saturated heterocycles. The lowest BCUT2D eigenvalue weighted by Crippen LogP contribution is -2.36. The molecule has 0 aliphatic carbocycles. The molecule has 0 radical (unpaired) electrons. The Morgan fingerprint density at radius 2 is 0.815 bits per heavy atom. The van der Waals surface area contributed by atoms with Crippen LogP contribution in [0.4, 0.5) is 0 Å². The summed E-state index contributed by atoms with van der Waals surface area (Å²) in [5.74, 6) is 0. The van der Waals surface area contributed by atoms with Crippen molar-refractivity contribution in [3.05, 3.63) is 12.4 Å². The number of hydrogen-bond acceptors (Lipinski definition) is 2. The second kappa shape index (κ2) is 19.0. The van der Waals surface area contributed by atoms with Crippen molar-refractivity contribution in [3.63, 3.8) is 0 Å². The van der Waals surface area contributed by atoms with Gasteiger partial charge >= 0.3 is 0 Å². The zero-order valence-corrected chi connectivity index (χ0v) is 19.6. The molecule has 2 nitrogen and oxygen atoms in total.